The lowest BCUT2D eigenvalue weighted by atomic mass is 9.91. The monoisotopic (exact) mass is 214 g/mol. The van der Waals surface area contributed by atoms with Crippen LogP contribution in [0.4, 0.5) is 0 Å². The van der Waals surface area contributed by atoms with Gasteiger partial charge in [0.25, 0.3) is 0 Å². The molecule has 1 fully saturated rings. The Morgan fingerprint density at radius 1 is 1.40 bits per heavy atom. The molecule has 0 aromatic carbocycles. The Kier molecular flexibility index (Phi) is 4.11. The van der Waals surface area contributed by atoms with E-state index in [0.717, 1.165) is 32.1 Å². The van der Waals surface area contributed by atoms with Crippen molar-refractivity contribution in [2.45, 2.75) is 64.1 Å². The molecule has 1 amide bonds. The zero-order valence-corrected chi connectivity index (χ0v) is 9.90. The first-order valence-corrected chi connectivity index (χ1v) is 5.61. The highest BCUT2D eigenvalue weighted by atomic mass is 16.7. The van der Waals surface area contributed by atoms with Crippen LogP contribution in [0, 0.1) is 0 Å². The zero-order chi connectivity index (χ0) is 11.5. The van der Waals surface area contributed by atoms with E-state index in [9.17, 15) is 4.79 Å². The average molecular weight is 214 g/mol. The van der Waals surface area contributed by atoms with Crippen molar-refractivity contribution < 1.29 is 9.63 Å². The quantitative estimate of drug-likeness (QED) is 0.571. The molecular formula is C11H22N2O2. The molecular weight excluding hydrogens is 192 g/mol. The van der Waals surface area contributed by atoms with Crippen molar-refractivity contribution in [3.05, 3.63) is 0 Å². The fourth-order valence-corrected chi connectivity index (χ4v) is 1.93. The van der Waals surface area contributed by atoms with Gasteiger partial charge < -0.3 is 5.73 Å². The van der Waals surface area contributed by atoms with Crippen molar-refractivity contribution in [2.75, 3.05) is 0 Å². The van der Waals surface area contributed by atoms with Crippen LogP contribution in [0.5, 0.6) is 0 Å². The SMILES string of the molecule is CC(C)(C)ON(C=O)C1CCCC(N)C1. The van der Waals surface area contributed by atoms with Gasteiger partial charge in [-0.15, -0.1) is 0 Å². The fourth-order valence-electron chi connectivity index (χ4n) is 1.93. The summed E-state index contributed by atoms with van der Waals surface area (Å²) in [6.45, 7) is 5.81. The third-order valence-corrected chi connectivity index (χ3v) is 2.53. The van der Waals surface area contributed by atoms with E-state index in [-0.39, 0.29) is 17.7 Å². The molecule has 0 radical (unpaired) electrons. The molecule has 0 aliphatic heterocycles. The minimum absolute atomic E-state index is 0.144. The van der Waals surface area contributed by atoms with E-state index in [1.165, 1.54) is 5.06 Å². The third-order valence-electron chi connectivity index (χ3n) is 2.53. The van der Waals surface area contributed by atoms with Gasteiger partial charge in [0, 0.05) is 6.04 Å². The number of nitrogens with two attached hydrogens (primary N) is 1. The summed E-state index contributed by atoms with van der Waals surface area (Å²) in [5.74, 6) is 0. The maximum atomic E-state index is 10.9. The second kappa shape index (κ2) is 4.94. The van der Waals surface area contributed by atoms with Gasteiger partial charge in [0.15, 0.2) is 0 Å². The van der Waals surface area contributed by atoms with Crippen molar-refractivity contribution in [2.24, 2.45) is 5.73 Å². The molecule has 15 heavy (non-hydrogen) atoms. The van der Waals surface area contributed by atoms with Crippen LogP contribution in [0.1, 0.15) is 46.5 Å². The number of carbonyl (C=O) groups excluding carboxylic acids is 1. The molecule has 0 aromatic rings. The summed E-state index contributed by atoms with van der Waals surface area (Å²) >= 11 is 0. The summed E-state index contributed by atoms with van der Waals surface area (Å²) < 4.78 is 0. The highest BCUT2D eigenvalue weighted by molar-refractivity contribution is 5.45. The molecule has 4 heteroatoms. The van der Waals surface area contributed by atoms with Gasteiger partial charge in [-0.2, -0.15) is 0 Å². The van der Waals surface area contributed by atoms with Gasteiger partial charge in [0.1, 0.15) is 0 Å². The fraction of sp³-hybridized carbons (Fsp3) is 0.909. The molecule has 2 unspecified atom stereocenters. The predicted molar refractivity (Wildman–Crippen MR) is 59.0 cm³/mol. The van der Waals surface area contributed by atoms with Crippen LogP contribution < -0.4 is 5.73 Å². The molecule has 4 nitrogen and oxygen atoms in total. The topological polar surface area (TPSA) is 55.6 Å². The summed E-state index contributed by atoms with van der Waals surface area (Å²) in [5, 5.41) is 1.44. The van der Waals surface area contributed by atoms with Crippen LogP contribution in [0.3, 0.4) is 0 Å². The van der Waals surface area contributed by atoms with E-state index >= 15 is 0 Å². The molecule has 2 atom stereocenters. The van der Waals surface area contributed by atoms with Crippen LogP contribution in [-0.4, -0.2) is 29.2 Å². The van der Waals surface area contributed by atoms with Gasteiger partial charge >= 0.3 is 0 Å². The Balaban J connectivity index is 2.53. The Morgan fingerprint density at radius 3 is 2.53 bits per heavy atom. The Bertz CT molecular complexity index is 213. The molecule has 2 N–H and O–H groups in total. The van der Waals surface area contributed by atoms with Crippen LogP contribution >= 0.6 is 0 Å². The van der Waals surface area contributed by atoms with E-state index in [4.69, 9.17) is 10.6 Å². The molecule has 1 aliphatic carbocycles. The standard InChI is InChI=1S/C11H22N2O2/c1-11(2,3)15-13(8-14)10-6-4-5-9(12)7-10/h8-10H,4-7,12H2,1-3H3. The van der Waals surface area contributed by atoms with Crippen LogP contribution in [-0.2, 0) is 9.63 Å². The predicted octanol–water partition coefficient (Wildman–Crippen LogP) is 1.44. The molecule has 88 valence electrons. The van der Waals surface area contributed by atoms with Crippen molar-refractivity contribution in [1.29, 1.82) is 0 Å². The normalized spacial score (nSPS) is 27.5. The minimum atomic E-state index is -0.331. The van der Waals surface area contributed by atoms with Gasteiger partial charge in [-0.25, -0.2) is 5.06 Å². The zero-order valence-electron chi connectivity index (χ0n) is 9.90. The maximum Gasteiger partial charge on any atom is 0.233 e. The average Bonchev–Trinajstić information content (AvgIpc) is 2.13. The highest BCUT2D eigenvalue weighted by Gasteiger charge is 2.27. The van der Waals surface area contributed by atoms with Gasteiger partial charge in [0.2, 0.25) is 6.41 Å². The number of hydrogen-bond acceptors (Lipinski definition) is 3. The lowest BCUT2D eigenvalue weighted by molar-refractivity contribution is -0.235. The number of hydrogen-bond donors (Lipinski definition) is 1. The summed E-state index contributed by atoms with van der Waals surface area (Å²) in [5.41, 5.74) is 5.55. The first kappa shape index (κ1) is 12.5. The first-order valence-electron chi connectivity index (χ1n) is 5.61. The van der Waals surface area contributed by atoms with Crippen LogP contribution in [0.2, 0.25) is 0 Å². The number of hydroxylamine groups is 2. The molecule has 1 aliphatic rings. The number of carbonyl (C=O) groups is 1. The Hall–Kier alpha value is -0.610. The summed E-state index contributed by atoms with van der Waals surface area (Å²) in [4.78, 5) is 16.5. The van der Waals surface area contributed by atoms with Gasteiger partial charge in [0.05, 0.1) is 11.6 Å². The molecule has 0 aromatic heterocycles. The first-order chi connectivity index (χ1) is 6.92. The lowest BCUT2D eigenvalue weighted by Gasteiger charge is -2.36. The van der Waals surface area contributed by atoms with E-state index < -0.39 is 0 Å². The van der Waals surface area contributed by atoms with Crippen LogP contribution in [0.25, 0.3) is 0 Å². The van der Waals surface area contributed by atoms with Crippen molar-refractivity contribution >= 4 is 6.41 Å². The third kappa shape index (κ3) is 4.18. The molecule has 0 spiro atoms. The van der Waals surface area contributed by atoms with Crippen molar-refractivity contribution in [1.82, 2.24) is 5.06 Å². The number of amides is 1. The van der Waals surface area contributed by atoms with E-state index in [1.807, 2.05) is 20.8 Å². The summed E-state index contributed by atoms with van der Waals surface area (Å²) in [6.07, 6.45) is 4.73. The number of rotatable bonds is 3. The molecule has 1 rings (SSSR count). The van der Waals surface area contributed by atoms with Crippen molar-refractivity contribution in [3.8, 4) is 0 Å². The van der Waals surface area contributed by atoms with E-state index in [0.29, 0.717) is 0 Å². The Labute approximate surface area is 91.7 Å². The van der Waals surface area contributed by atoms with Gasteiger partial charge in [-0.1, -0.05) is 0 Å². The van der Waals surface area contributed by atoms with Crippen molar-refractivity contribution in [3.63, 3.8) is 0 Å². The second-order valence-corrected chi connectivity index (χ2v) is 5.25. The van der Waals surface area contributed by atoms with Gasteiger partial charge in [-0.05, 0) is 46.5 Å². The molecule has 1 saturated carbocycles. The van der Waals surface area contributed by atoms with E-state index in [1.54, 1.807) is 0 Å². The highest BCUT2D eigenvalue weighted by Crippen LogP contribution is 2.23. The maximum absolute atomic E-state index is 10.9. The summed E-state index contributed by atoms with van der Waals surface area (Å²) in [7, 11) is 0. The largest absolute Gasteiger partial charge is 0.328 e. The molecule has 0 heterocycles. The lowest BCUT2D eigenvalue weighted by Crippen LogP contribution is -2.45. The molecule has 0 saturated heterocycles. The second-order valence-electron chi connectivity index (χ2n) is 5.25. The Morgan fingerprint density at radius 2 is 2.07 bits per heavy atom. The minimum Gasteiger partial charge on any atom is -0.328 e. The smallest absolute Gasteiger partial charge is 0.233 e. The number of nitrogens with zero attached hydrogens (tertiary/aromatic N) is 1. The van der Waals surface area contributed by atoms with Gasteiger partial charge in [-0.3, -0.25) is 9.63 Å². The summed E-state index contributed by atoms with van der Waals surface area (Å²) in [6, 6.07) is 0.347. The van der Waals surface area contributed by atoms with Crippen LogP contribution in [0.15, 0.2) is 0 Å². The molecule has 0 bridgehead atoms. The van der Waals surface area contributed by atoms with E-state index in [2.05, 4.69) is 0 Å².